The van der Waals surface area contributed by atoms with Crippen molar-refractivity contribution in [1.82, 2.24) is 10.3 Å². The van der Waals surface area contributed by atoms with E-state index in [0.29, 0.717) is 6.04 Å². The van der Waals surface area contributed by atoms with E-state index in [2.05, 4.69) is 53.6 Å². The van der Waals surface area contributed by atoms with E-state index < -0.39 is 0 Å². The molecule has 0 aliphatic rings. The fourth-order valence-corrected chi connectivity index (χ4v) is 2.23. The van der Waals surface area contributed by atoms with E-state index in [4.69, 9.17) is 0 Å². The molecule has 1 atom stereocenters. The maximum atomic E-state index is 4.38. The molecule has 100 valence electrons. The van der Waals surface area contributed by atoms with Gasteiger partial charge in [0.25, 0.3) is 0 Å². The van der Waals surface area contributed by atoms with Crippen LogP contribution in [-0.2, 0) is 12.8 Å². The molecule has 19 heavy (non-hydrogen) atoms. The Bertz CT molecular complexity index is 476. The molecular weight excluding hydrogens is 232 g/mol. The largest absolute Gasteiger partial charge is 0.317 e. The predicted octanol–water partition coefficient (Wildman–Crippen LogP) is 3.15. The number of hydrogen-bond acceptors (Lipinski definition) is 2. The number of aryl methyl sites for hydroxylation is 2. The van der Waals surface area contributed by atoms with Crippen LogP contribution in [0.25, 0.3) is 0 Å². The van der Waals surface area contributed by atoms with Crippen LogP contribution in [0.1, 0.15) is 23.2 Å². The van der Waals surface area contributed by atoms with Gasteiger partial charge in [0, 0.05) is 17.9 Å². The number of hydrogen-bond donors (Lipinski definition) is 1. The summed E-state index contributed by atoms with van der Waals surface area (Å²) in [7, 11) is 2.04. The van der Waals surface area contributed by atoms with E-state index in [1.54, 1.807) is 0 Å². The van der Waals surface area contributed by atoms with Gasteiger partial charge in [-0.15, -0.1) is 0 Å². The molecule has 1 aromatic heterocycles. The Labute approximate surface area is 115 Å². The number of benzene rings is 1. The Hall–Kier alpha value is -1.67. The maximum absolute atomic E-state index is 4.38. The number of aromatic nitrogens is 1. The smallest absolute Gasteiger partial charge is 0.0404 e. The molecule has 1 N–H and O–H groups in total. The van der Waals surface area contributed by atoms with Crippen LogP contribution in [0.2, 0.25) is 0 Å². The zero-order valence-corrected chi connectivity index (χ0v) is 11.8. The van der Waals surface area contributed by atoms with Crippen LogP contribution >= 0.6 is 0 Å². The average molecular weight is 254 g/mol. The third-order valence-electron chi connectivity index (χ3n) is 3.49. The first kappa shape index (κ1) is 13.8. The zero-order chi connectivity index (χ0) is 13.5. The van der Waals surface area contributed by atoms with Crippen molar-refractivity contribution in [2.24, 2.45) is 0 Å². The normalized spacial score (nSPS) is 12.3. The van der Waals surface area contributed by atoms with Gasteiger partial charge in [-0.1, -0.05) is 35.9 Å². The minimum absolute atomic E-state index is 0.504. The molecule has 1 heterocycles. The second-order valence-electron chi connectivity index (χ2n) is 5.04. The van der Waals surface area contributed by atoms with Gasteiger partial charge < -0.3 is 5.32 Å². The summed E-state index contributed by atoms with van der Waals surface area (Å²) in [5.74, 6) is 0. The number of rotatable bonds is 6. The second kappa shape index (κ2) is 7.05. The van der Waals surface area contributed by atoms with Crippen molar-refractivity contribution in [1.29, 1.82) is 0 Å². The summed E-state index contributed by atoms with van der Waals surface area (Å²) in [5, 5.41) is 3.41. The predicted molar refractivity (Wildman–Crippen MR) is 80.3 cm³/mol. The van der Waals surface area contributed by atoms with E-state index in [1.165, 1.54) is 16.8 Å². The van der Waals surface area contributed by atoms with Gasteiger partial charge in [-0.25, -0.2) is 0 Å². The van der Waals surface area contributed by atoms with Crippen molar-refractivity contribution in [3.8, 4) is 0 Å². The summed E-state index contributed by atoms with van der Waals surface area (Å²) in [6, 6.07) is 15.4. The van der Waals surface area contributed by atoms with Crippen LogP contribution in [0.3, 0.4) is 0 Å². The van der Waals surface area contributed by atoms with Gasteiger partial charge in [-0.05, 0) is 50.9 Å². The van der Waals surface area contributed by atoms with Crippen LogP contribution in [-0.4, -0.2) is 18.1 Å². The molecule has 0 saturated carbocycles. The molecule has 0 radical (unpaired) electrons. The van der Waals surface area contributed by atoms with Crippen LogP contribution in [0, 0.1) is 6.92 Å². The molecule has 2 rings (SSSR count). The third kappa shape index (κ3) is 4.49. The second-order valence-corrected chi connectivity index (χ2v) is 5.04. The highest BCUT2D eigenvalue weighted by atomic mass is 14.9. The van der Waals surface area contributed by atoms with E-state index in [0.717, 1.165) is 19.3 Å². The van der Waals surface area contributed by atoms with Crippen molar-refractivity contribution in [2.45, 2.75) is 32.2 Å². The van der Waals surface area contributed by atoms with E-state index in [1.807, 2.05) is 19.3 Å². The molecule has 0 fully saturated rings. The lowest BCUT2D eigenvalue weighted by Gasteiger charge is -2.16. The van der Waals surface area contributed by atoms with Gasteiger partial charge in [0.1, 0.15) is 0 Å². The first-order valence-corrected chi connectivity index (χ1v) is 6.90. The number of nitrogens with zero attached hydrogens (tertiary/aromatic N) is 1. The summed E-state index contributed by atoms with van der Waals surface area (Å²) in [6.07, 6.45) is 5.08. The standard InChI is InChI=1S/C17H22N2/c1-14-6-8-15(9-7-14)13-17(18-2)11-10-16-5-3-4-12-19-16/h3-9,12,17-18H,10-11,13H2,1-2H3. The molecule has 0 amide bonds. The van der Waals surface area contributed by atoms with Crippen molar-refractivity contribution in [2.75, 3.05) is 7.05 Å². The van der Waals surface area contributed by atoms with Crippen LogP contribution in [0.5, 0.6) is 0 Å². The molecule has 1 aromatic carbocycles. The van der Waals surface area contributed by atoms with Gasteiger partial charge in [-0.2, -0.15) is 0 Å². The zero-order valence-electron chi connectivity index (χ0n) is 11.8. The van der Waals surface area contributed by atoms with Crippen molar-refractivity contribution in [3.63, 3.8) is 0 Å². The van der Waals surface area contributed by atoms with Crippen LogP contribution in [0.15, 0.2) is 48.7 Å². The van der Waals surface area contributed by atoms with Crippen molar-refractivity contribution < 1.29 is 0 Å². The average Bonchev–Trinajstić information content (AvgIpc) is 2.46. The molecule has 0 saturated heterocycles. The van der Waals surface area contributed by atoms with Gasteiger partial charge in [0.05, 0.1) is 0 Å². The Balaban J connectivity index is 1.88. The Morgan fingerprint density at radius 2 is 1.89 bits per heavy atom. The minimum atomic E-state index is 0.504. The summed E-state index contributed by atoms with van der Waals surface area (Å²) in [5.41, 5.74) is 3.89. The molecule has 0 bridgehead atoms. The van der Waals surface area contributed by atoms with Gasteiger partial charge in [-0.3, -0.25) is 4.98 Å². The topological polar surface area (TPSA) is 24.9 Å². The monoisotopic (exact) mass is 254 g/mol. The molecule has 0 aliphatic heterocycles. The Morgan fingerprint density at radius 1 is 1.11 bits per heavy atom. The van der Waals surface area contributed by atoms with Gasteiger partial charge >= 0.3 is 0 Å². The quantitative estimate of drug-likeness (QED) is 0.856. The molecule has 2 aromatic rings. The molecule has 2 nitrogen and oxygen atoms in total. The first-order chi connectivity index (χ1) is 9.28. The molecule has 0 aliphatic carbocycles. The molecule has 0 spiro atoms. The van der Waals surface area contributed by atoms with Crippen LogP contribution < -0.4 is 5.32 Å². The third-order valence-corrected chi connectivity index (χ3v) is 3.49. The molecule has 1 unspecified atom stereocenters. The summed E-state index contributed by atoms with van der Waals surface area (Å²) >= 11 is 0. The van der Waals surface area contributed by atoms with Crippen LogP contribution in [0.4, 0.5) is 0 Å². The Morgan fingerprint density at radius 3 is 2.53 bits per heavy atom. The summed E-state index contributed by atoms with van der Waals surface area (Å²) < 4.78 is 0. The first-order valence-electron chi connectivity index (χ1n) is 6.90. The fraction of sp³-hybridized carbons (Fsp3) is 0.353. The van der Waals surface area contributed by atoms with Crippen molar-refractivity contribution in [3.05, 3.63) is 65.5 Å². The van der Waals surface area contributed by atoms with Crippen molar-refractivity contribution >= 4 is 0 Å². The summed E-state index contributed by atoms with van der Waals surface area (Å²) in [4.78, 5) is 4.38. The molecular formula is C17H22N2. The van der Waals surface area contributed by atoms with Gasteiger partial charge in [0.2, 0.25) is 0 Å². The van der Waals surface area contributed by atoms with E-state index in [9.17, 15) is 0 Å². The highest BCUT2D eigenvalue weighted by Crippen LogP contribution is 2.10. The Kier molecular flexibility index (Phi) is 5.10. The molecule has 2 heteroatoms. The lowest BCUT2D eigenvalue weighted by Crippen LogP contribution is -2.28. The summed E-state index contributed by atoms with van der Waals surface area (Å²) in [6.45, 7) is 2.13. The highest BCUT2D eigenvalue weighted by molar-refractivity contribution is 5.22. The number of likely N-dealkylation sites (N-methyl/N-ethyl adjacent to an activating group) is 1. The lowest BCUT2D eigenvalue weighted by molar-refractivity contribution is 0.517. The van der Waals surface area contributed by atoms with E-state index >= 15 is 0 Å². The lowest BCUT2D eigenvalue weighted by atomic mass is 10.00. The SMILES string of the molecule is CNC(CCc1ccccn1)Cc1ccc(C)cc1. The number of nitrogens with one attached hydrogen (secondary N) is 1. The maximum Gasteiger partial charge on any atom is 0.0404 e. The fourth-order valence-electron chi connectivity index (χ4n) is 2.23. The number of pyridine rings is 1. The minimum Gasteiger partial charge on any atom is -0.317 e. The highest BCUT2D eigenvalue weighted by Gasteiger charge is 2.07. The van der Waals surface area contributed by atoms with E-state index in [-0.39, 0.29) is 0 Å². The van der Waals surface area contributed by atoms with Gasteiger partial charge in [0.15, 0.2) is 0 Å².